The summed E-state index contributed by atoms with van der Waals surface area (Å²) in [5.74, 6) is -0.320. The van der Waals surface area contributed by atoms with Crippen LogP contribution in [-0.4, -0.2) is 22.3 Å². The molecule has 2 bridgehead atoms. The lowest BCUT2D eigenvalue weighted by Crippen LogP contribution is -2.25. The molecule has 0 saturated heterocycles. The molecule has 2 heterocycles. The third-order valence-corrected chi connectivity index (χ3v) is 4.44. The Bertz CT molecular complexity index is 900. The molecule has 2 aromatic rings. The van der Waals surface area contributed by atoms with Crippen LogP contribution in [0.15, 0.2) is 54.4 Å². The summed E-state index contributed by atoms with van der Waals surface area (Å²) in [5, 5.41) is 8.65. The average Bonchev–Trinajstić information content (AvgIpc) is 2.61. The molecular weight excluding hydrogens is 326 g/mol. The molecule has 0 amide bonds. The van der Waals surface area contributed by atoms with Crippen LogP contribution in [0, 0.1) is 6.92 Å². The van der Waals surface area contributed by atoms with E-state index in [4.69, 9.17) is 4.74 Å². The van der Waals surface area contributed by atoms with Gasteiger partial charge in [-0.3, -0.25) is 0 Å². The van der Waals surface area contributed by atoms with Crippen molar-refractivity contribution in [1.82, 2.24) is 10.2 Å². The molecule has 134 valence electrons. The molecule has 0 atom stereocenters. The predicted molar refractivity (Wildman–Crippen MR) is 103 cm³/mol. The quantitative estimate of drug-likeness (QED) is 0.614. The van der Waals surface area contributed by atoms with Gasteiger partial charge < -0.3 is 9.64 Å². The van der Waals surface area contributed by atoms with Crippen LogP contribution >= 0.6 is 0 Å². The Labute approximate surface area is 154 Å². The smallest absolute Gasteiger partial charge is 0.335 e. The Hall–Kier alpha value is -2.95. The molecule has 26 heavy (non-hydrogen) atoms. The van der Waals surface area contributed by atoms with E-state index in [0.29, 0.717) is 12.0 Å². The summed E-state index contributed by atoms with van der Waals surface area (Å²) in [4.78, 5) is 14.5. The Morgan fingerprint density at radius 2 is 2.04 bits per heavy atom. The molecule has 0 unspecified atom stereocenters. The SMILES string of the molecule is C=CN1/C(=C(\C)C(=O)OC(C)C)Cc2cc(nnc2C)-c2ccccc21. The molecule has 0 fully saturated rings. The van der Waals surface area contributed by atoms with Crippen molar-refractivity contribution >= 4 is 11.7 Å². The number of fused-ring (bicyclic) bond motifs is 4. The summed E-state index contributed by atoms with van der Waals surface area (Å²) in [6.07, 6.45) is 2.11. The summed E-state index contributed by atoms with van der Waals surface area (Å²) in [6.45, 7) is 11.4. The number of para-hydroxylation sites is 1. The topological polar surface area (TPSA) is 55.3 Å². The number of allylic oxidation sites excluding steroid dienone is 1. The molecule has 1 aromatic heterocycles. The highest BCUT2D eigenvalue weighted by molar-refractivity contribution is 5.91. The van der Waals surface area contributed by atoms with Crippen LogP contribution in [-0.2, 0) is 16.0 Å². The molecule has 5 heteroatoms. The highest BCUT2D eigenvalue weighted by Gasteiger charge is 2.25. The van der Waals surface area contributed by atoms with Gasteiger partial charge in [0.1, 0.15) is 0 Å². The minimum Gasteiger partial charge on any atom is -0.460 e. The third kappa shape index (κ3) is 3.25. The fourth-order valence-electron chi connectivity index (χ4n) is 3.06. The predicted octanol–water partition coefficient (Wildman–Crippen LogP) is 4.18. The zero-order valence-electron chi connectivity index (χ0n) is 15.6. The Balaban J connectivity index is 2.25. The Kier molecular flexibility index (Phi) is 4.89. The number of hydrogen-bond donors (Lipinski definition) is 0. The molecule has 5 nitrogen and oxygen atoms in total. The molecule has 0 spiro atoms. The second-order valence-electron chi connectivity index (χ2n) is 6.61. The summed E-state index contributed by atoms with van der Waals surface area (Å²) in [5.41, 5.74) is 5.95. The van der Waals surface area contributed by atoms with Gasteiger partial charge in [-0.25, -0.2) is 4.79 Å². The van der Waals surface area contributed by atoms with E-state index in [1.807, 2.05) is 56.0 Å². The van der Waals surface area contributed by atoms with E-state index in [1.165, 1.54) is 0 Å². The maximum Gasteiger partial charge on any atom is 0.335 e. The van der Waals surface area contributed by atoms with E-state index >= 15 is 0 Å². The first-order valence-corrected chi connectivity index (χ1v) is 8.67. The fraction of sp³-hybridized carbons (Fsp3) is 0.286. The van der Waals surface area contributed by atoms with Crippen LogP contribution in [0.5, 0.6) is 0 Å². The first kappa shape index (κ1) is 17.9. The van der Waals surface area contributed by atoms with Gasteiger partial charge in [0.05, 0.1) is 28.8 Å². The van der Waals surface area contributed by atoms with Crippen molar-refractivity contribution in [2.75, 3.05) is 4.90 Å². The summed E-state index contributed by atoms with van der Waals surface area (Å²) < 4.78 is 5.42. The second kappa shape index (κ2) is 7.12. The Morgan fingerprint density at radius 1 is 1.31 bits per heavy atom. The number of carbonyl (C=O) groups excluding carboxylic acids is 1. The molecule has 3 rings (SSSR count). The van der Waals surface area contributed by atoms with Crippen molar-refractivity contribution in [1.29, 1.82) is 0 Å². The molecule has 0 saturated carbocycles. The van der Waals surface area contributed by atoms with Gasteiger partial charge in [0.15, 0.2) is 0 Å². The highest BCUT2D eigenvalue weighted by Crippen LogP contribution is 2.36. The average molecular weight is 349 g/mol. The zero-order valence-corrected chi connectivity index (χ0v) is 15.6. The van der Waals surface area contributed by atoms with Gasteiger partial charge in [0.2, 0.25) is 0 Å². The number of rotatable bonds is 3. The van der Waals surface area contributed by atoms with Gasteiger partial charge in [0, 0.05) is 23.9 Å². The van der Waals surface area contributed by atoms with E-state index in [1.54, 1.807) is 13.1 Å². The van der Waals surface area contributed by atoms with Crippen molar-refractivity contribution < 1.29 is 9.53 Å². The minimum atomic E-state index is -0.320. The number of aryl methyl sites for hydroxylation is 1. The summed E-state index contributed by atoms with van der Waals surface area (Å²) in [7, 11) is 0. The third-order valence-electron chi connectivity index (χ3n) is 4.44. The molecule has 0 radical (unpaired) electrons. The molecule has 0 N–H and O–H groups in total. The van der Waals surface area contributed by atoms with Gasteiger partial charge >= 0.3 is 5.97 Å². The number of benzene rings is 1. The maximum absolute atomic E-state index is 12.6. The van der Waals surface area contributed by atoms with Crippen LogP contribution in [0.3, 0.4) is 0 Å². The number of carbonyl (C=O) groups is 1. The second-order valence-corrected chi connectivity index (χ2v) is 6.61. The maximum atomic E-state index is 12.6. The largest absolute Gasteiger partial charge is 0.460 e. The van der Waals surface area contributed by atoms with E-state index in [2.05, 4.69) is 16.8 Å². The molecule has 1 aliphatic heterocycles. The van der Waals surface area contributed by atoms with Crippen LogP contribution < -0.4 is 4.90 Å². The number of anilines is 1. The fourth-order valence-corrected chi connectivity index (χ4v) is 3.06. The van der Waals surface area contributed by atoms with E-state index < -0.39 is 0 Å². The number of aromatic nitrogens is 2. The first-order chi connectivity index (χ1) is 12.4. The molecule has 1 aromatic carbocycles. The molecular formula is C21H23N3O2. The minimum absolute atomic E-state index is 0.174. The van der Waals surface area contributed by atoms with Gasteiger partial charge in [-0.2, -0.15) is 10.2 Å². The summed E-state index contributed by atoms with van der Waals surface area (Å²) in [6, 6.07) is 9.96. The van der Waals surface area contributed by atoms with Gasteiger partial charge in [0.25, 0.3) is 0 Å². The van der Waals surface area contributed by atoms with Gasteiger partial charge in [-0.05, 0) is 45.4 Å². The van der Waals surface area contributed by atoms with Crippen LogP contribution in [0.4, 0.5) is 5.69 Å². The normalized spacial score (nSPS) is 15.0. The summed E-state index contributed by atoms with van der Waals surface area (Å²) >= 11 is 0. The number of esters is 1. The van der Waals surface area contributed by atoms with Gasteiger partial charge in [-0.15, -0.1) is 0 Å². The van der Waals surface area contributed by atoms with Crippen molar-refractivity contribution in [3.8, 4) is 11.3 Å². The molecule has 0 aliphatic carbocycles. The van der Waals surface area contributed by atoms with Crippen molar-refractivity contribution in [2.24, 2.45) is 0 Å². The number of nitrogens with zero attached hydrogens (tertiary/aromatic N) is 3. The van der Waals surface area contributed by atoms with Crippen LogP contribution in [0.1, 0.15) is 32.0 Å². The van der Waals surface area contributed by atoms with E-state index in [0.717, 1.165) is 33.9 Å². The van der Waals surface area contributed by atoms with Crippen molar-refractivity contribution in [3.05, 3.63) is 65.6 Å². The van der Waals surface area contributed by atoms with Crippen molar-refractivity contribution in [2.45, 2.75) is 40.2 Å². The van der Waals surface area contributed by atoms with Crippen LogP contribution in [0.2, 0.25) is 0 Å². The lowest BCUT2D eigenvalue weighted by molar-refractivity contribution is -0.142. The van der Waals surface area contributed by atoms with E-state index in [-0.39, 0.29) is 12.1 Å². The number of hydrogen-bond acceptors (Lipinski definition) is 5. The van der Waals surface area contributed by atoms with Crippen LogP contribution in [0.25, 0.3) is 11.3 Å². The standard InChI is InChI=1S/C21H23N3O2/c1-6-24-19-10-8-7-9-17(19)18-11-16(15(5)22-23-18)12-20(24)14(4)21(25)26-13(2)3/h6-11,13H,1,12H2,2-5H3/b20-14+. The first-order valence-electron chi connectivity index (χ1n) is 8.67. The monoisotopic (exact) mass is 349 g/mol. The number of ether oxygens (including phenoxy) is 1. The van der Waals surface area contributed by atoms with Crippen molar-refractivity contribution in [3.63, 3.8) is 0 Å². The van der Waals surface area contributed by atoms with Gasteiger partial charge in [-0.1, -0.05) is 24.8 Å². The zero-order chi connectivity index (χ0) is 18.8. The Morgan fingerprint density at radius 3 is 2.73 bits per heavy atom. The highest BCUT2D eigenvalue weighted by atomic mass is 16.5. The van der Waals surface area contributed by atoms with E-state index in [9.17, 15) is 4.79 Å². The lowest BCUT2D eigenvalue weighted by atomic mass is 9.97. The lowest BCUT2D eigenvalue weighted by Gasteiger charge is -2.29. The molecule has 1 aliphatic rings.